The summed E-state index contributed by atoms with van der Waals surface area (Å²) in [4.78, 5) is 12.0. The van der Waals surface area contributed by atoms with Crippen LogP contribution in [0.5, 0.6) is 0 Å². The van der Waals surface area contributed by atoms with Gasteiger partial charge in [0, 0.05) is 18.5 Å². The number of carbonyl (C=O) groups is 1. The van der Waals surface area contributed by atoms with E-state index in [1.54, 1.807) is 27.7 Å². The van der Waals surface area contributed by atoms with Gasteiger partial charge in [-0.05, 0) is 27.7 Å². The maximum absolute atomic E-state index is 12.0. The van der Waals surface area contributed by atoms with Gasteiger partial charge < -0.3 is 5.32 Å². The molecule has 7 heteroatoms. The van der Waals surface area contributed by atoms with Crippen LogP contribution in [0.1, 0.15) is 35.6 Å². The zero-order valence-electron chi connectivity index (χ0n) is 11.3. The second kappa shape index (κ2) is 4.72. The molecule has 0 saturated carbocycles. The minimum atomic E-state index is -3.23. The van der Waals surface area contributed by atoms with E-state index < -0.39 is 14.6 Å². The first kappa shape index (κ1) is 14.7. The summed E-state index contributed by atoms with van der Waals surface area (Å²) in [6, 6.07) is 0. The van der Waals surface area contributed by atoms with Crippen LogP contribution in [0.2, 0.25) is 0 Å². The van der Waals surface area contributed by atoms with Crippen molar-refractivity contribution < 1.29 is 13.2 Å². The number of aryl methyl sites for hydroxylation is 2. The molecule has 2 N–H and O–H groups in total. The van der Waals surface area contributed by atoms with Crippen molar-refractivity contribution in [3.63, 3.8) is 0 Å². The molecule has 0 aliphatic rings. The summed E-state index contributed by atoms with van der Waals surface area (Å²) in [5.41, 5.74) is 1.74. The first-order valence-corrected chi connectivity index (χ1v) is 7.45. The summed E-state index contributed by atoms with van der Waals surface area (Å²) in [6.45, 7) is 6.70. The third-order valence-electron chi connectivity index (χ3n) is 3.03. The van der Waals surface area contributed by atoms with Gasteiger partial charge >= 0.3 is 0 Å². The molecule has 18 heavy (non-hydrogen) atoms. The van der Waals surface area contributed by atoms with Crippen molar-refractivity contribution in [1.82, 2.24) is 15.5 Å². The zero-order chi connectivity index (χ0) is 14.1. The summed E-state index contributed by atoms with van der Waals surface area (Å²) in [7, 11) is -3.23. The lowest BCUT2D eigenvalue weighted by molar-refractivity contribution is 0.0949. The monoisotopic (exact) mass is 273 g/mol. The van der Waals surface area contributed by atoms with Crippen LogP contribution >= 0.6 is 0 Å². The second-order valence-electron chi connectivity index (χ2n) is 5.02. The Balaban J connectivity index is 2.80. The van der Waals surface area contributed by atoms with Crippen LogP contribution in [0, 0.1) is 13.8 Å². The largest absolute Gasteiger partial charge is 0.350 e. The number of hydrogen-bond acceptors (Lipinski definition) is 4. The normalized spacial score (nSPS) is 12.5. The van der Waals surface area contributed by atoms with Crippen LogP contribution in [-0.2, 0) is 9.84 Å². The van der Waals surface area contributed by atoms with Gasteiger partial charge in [0.1, 0.15) is 0 Å². The predicted molar refractivity (Wildman–Crippen MR) is 69.3 cm³/mol. The van der Waals surface area contributed by atoms with E-state index in [2.05, 4.69) is 15.5 Å². The third-order valence-corrected chi connectivity index (χ3v) is 5.19. The molecule has 1 rings (SSSR count). The van der Waals surface area contributed by atoms with Crippen LogP contribution < -0.4 is 5.32 Å². The van der Waals surface area contributed by atoms with Gasteiger partial charge in [-0.15, -0.1) is 0 Å². The lowest BCUT2D eigenvalue weighted by Gasteiger charge is -2.22. The van der Waals surface area contributed by atoms with Gasteiger partial charge in [-0.25, -0.2) is 8.42 Å². The molecule has 0 fully saturated rings. The molecule has 0 aliphatic carbocycles. The molecule has 0 spiro atoms. The molecule has 1 heterocycles. The van der Waals surface area contributed by atoms with Crippen molar-refractivity contribution in [3.8, 4) is 0 Å². The van der Waals surface area contributed by atoms with E-state index >= 15 is 0 Å². The Hall–Kier alpha value is -1.37. The molecule has 0 radical (unpaired) electrons. The quantitative estimate of drug-likeness (QED) is 0.839. The Morgan fingerprint density at radius 2 is 1.94 bits per heavy atom. The number of amides is 1. The van der Waals surface area contributed by atoms with Crippen molar-refractivity contribution in [2.75, 3.05) is 12.8 Å². The highest BCUT2D eigenvalue weighted by molar-refractivity contribution is 7.92. The molecule has 1 aromatic heterocycles. The standard InChI is InChI=1S/C11H19N3O3S/c1-7-9(8(2)14-13-7)10(15)12-6-11(3,4)18(5,16)17/h6H2,1-5H3,(H,12,15)(H,13,14). The first-order valence-electron chi connectivity index (χ1n) is 5.55. The molecule has 0 bridgehead atoms. The van der Waals surface area contributed by atoms with E-state index in [1.165, 1.54) is 0 Å². The number of hydrogen-bond donors (Lipinski definition) is 2. The zero-order valence-corrected chi connectivity index (χ0v) is 12.1. The van der Waals surface area contributed by atoms with E-state index in [4.69, 9.17) is 0 Å². The average molecular weight is 273 g/mol. The molecule has 1 amide bonds. The number of H-pyrrole nitrogens is 1. The molecule has 6 nitrogen and oxygen atoms in total. The van der Waals surface area contributed by atoms with Crippen LogP contribution in [0.15, 0.2) is 0 Å². The minimum absolute atomic E-state index is 0.0642. The van der Waals surface area contributed by atoms with Gasteiger partial charge in [0.2, 0.25) is 0 Å². The first-order chi connectivity index (χ1) is 8.06. The van der Waals surface area contributed by atoms with E-state index in [0.717, 1.165) is 6.26 Å². The number of rotatable bonds is 4. The Bertz CT molecular complexity index is 539. The van der Waals surface area contributed by atoms with Crippen LogP contribution in [-0.4, -0.2) is 42.1 Å². The second-order valence-corrected chi connectivity index (χ2v) is 7.67. The highest BCUT2D eigenvalue weighted by Crippen LogP contribution is 2.14. The van der Waals surface area contributed by atoms with E-state index in [-0.39, 0.29) is 12.5 Å². The van der Waals surface area contributed by atoms with E-state index in [9.17, 15) is 13.2 Å². The summed E-state index contributed by atoms with van der Waals surface area (Å²) < 4.78 is 22.0. The summed E-state index contributed by atoms with van der Waals surface area (Å²) in [5, 5.41) is 9.28. The lowest BCUT2D eigenvalue weighted by atomic mass is 10.1. The Labute approximate surface area is 107 Å². The Kier molecular flexibility index (Phi) is 3.85. The van der Waals surface area contributed by atoms with Gasteiger partial charge in [0.05, 0.1) is 16.0 Å². The molecule has 0 unspecified atom stereocenters. The SMILES string of the molecule is Cc1n[nH]c(C)c1C(=O)NCC(C)(C)S(C)(=O)=O. The van der Waals surface area contributed by atoms with Gasteiger partial charge in [0.15, 0.2) is 9.84 Å². The molecule has 0 aliphatic heterocycles. The van der Waals surface area contributed by atoms with Crippen molar-refractivity contribution in [2.24, 2.45) is 0 Å². The fourth-order valence-corrected chi connectivity index (χ4v) is 1.73. The highest BCUT2D eigenvalue weighted by Gasteiger charge is 2.31. The molecular weight excluding hydrogens is 254 g/mol. The number of sulfone groups is 1. The number of aromatic nitrogens is 2. The van der Waals surface area contributed by atoms with E-state index in [0.29, 0.717) is 17.0 Å². The molecule has 0 aromatic carbocycles. The van der Waals surface area contributed by atoms with Gasteiger partial charge in [-0.3, -0.25) is 9.89 Å². The van der Waals surface area contributed by atoms with Crippen molar-refractivity contribution >= 4 is 15.7 Å². The molecule has 0 atom stereocenters. The number of nitrogens with one attached hydrogen (secondary N) is 2. The number of carbonyl (C=O) groups excluding carboxylic acids is 1. The van der Waals surface area contributed by atoms with Crippen LogP contribution in [0.25, 0.3) is 0 Å². The van der Waals surface area contributed by atoms with Gasteiger partial charge in [-0.1, -0.05) is 0 Å². The van der Waals surface area contributed by atoms with Crippen LogP contribution in [0.3, 0.4) is 0 Å². The van der Waals surface area contributed by atoms with Crippen molar-refractivity contribution in [2.45, 2.75) is 32.4 Å². The molecular formula is C11H19N3O3S. The Morgan fingerprint density at radius 3 is 2.33 bits per heavy atom. The minimum Gasteiger partial charge on any atom is -0.350 e. The van der Waals surface area contributed by atoms with E-state index in [1.807, 2.05) is 0 Å². The van der Waals surface area contributed by atoms with Gasteiger partial charge in [-0.2, -0.15) is 5.10 Å². The fourth-order valence-electron chi connectivity index (χ4n) is 1.40. The number of nitrogens with zero attached hydrogens (tertiary/aromatic N) is 1. The van der Waals surface area contributed by atoms with Crippen molar-refractivity contribution in [3.05, 3.63) is 17.0 Å². The topological polar surface area (TPSA) is 91.9 Å². The fraction of sp³-hybridized carbons (Fsp3) is 0.636. The van der Waals surface area contributed by atoms with Crippen LogP contribution in [0.4, 0.5) is 0 Å². The maximum Gasteiger partial charge on any atom is 0.255 e. The maximum atomic E-state index is 12.0. The average Bonchev–Trinajstić information content (AvgIpc) is 2.54. The smallest absolute Gasteiger partial charge is 0.255 e. The predicted octanol–water partition coefficient (Wildman–Crippen LogP) is 0.580. The Morgan fingerprint density at radius 1 is 1.39 bits per heavy atom. The molecule has 0 saturated heterocycles. The van der Waals surface area contributed by atoms with Gasteiger partial charge in [0.25, 0.3) is 5.91 Å². The summed E-state index contributed by atoms with van der Waals surface area (Å²) in [5.74, 6) is -0.310. The third kappa shape index (κ3) is 2.90. The molecule has 102 valence electrons. The summed E-state index contributed by atoms with van der Waals surface area (Å²) in [6.07, 6.45) is 1.16. The summed E-state index contributed by atoms with van der Waals surface area (Å²) >= 11 is 0. The van der Waals surface area contributed by atoms with Crippen molar-refractivity contribution in [1.29, 1.82) is 0 Å². The molecule has 1 aromatic rings. The lowest BCUT2D eigenvalue weighted by Crippen LogP contribution is -2.43. The number of aromatic amines is 1. The highest BCUT2D eigenvalue weighted by atomic mass is 32.2.